The minimum absolute atomic E-state index is 0.00275. The standard InChI is InChI=1S/C15H19F3N4O2/c16-15(17,18)14-7-12(13(9-20-14)22(23)24)21-5-3-11(4-6-21)19-8-10-1-2-10/h7,9-11,19H,1-6,8H2. The summed E-state index contributed by atoms with van der Waals surface area (Å²) in [5.41, 5.74) is -1.48. The first kappa shape index (κ1) is 16.9. The van der Waals surface area contributed by atoms with Gasteiger partial charge in [-0.15, -0.1) is 0 Å². The van der Waals surface area contributed by atoms with Crippen molar-refractivity contribution in [2.75, 3.05) is 24.5 Å². The van der Waals surface area contributed by atoms with Gasteiger partial charge in [-0.3, -0.25) is 10.1 Å². The highest BCUT2D eigenvalue weighted by molar-refractivity contribution is 5.63. The predicted octanol–water partition coefficient (Wildman–Crippen LogP) is 2.98. The van der Waals surface area contributed by atoms with Gasteiger partial charge in [0.2, 0.25) is 0 Å². The molecule has 6 nitrogen and oxygen atoms in total. The van der Waals surface area contributed by atoms with Gasteiger partial charge in [0.15, 0.2) is 0 Å². The first-order chi connectivity index (χ1) is 11.3. The average Bonchev–Trinajstić information content (AvgIpc) is 3.36. The molecule has 0 spiro atoms. The van der Waals surface area contributed by atoms with Crippen LogP contribution >= 0.6 is 0 Å². The van der Waals surface area contributed by atoms with Crippen LogP contribution in [0.2, 0.25) is 0 Å². The summed E-state index contributed by atoms with van der Waals surface area (Å²) in [5.74, 6) is 0.763. The smallest absolute Gasteiger partial charge is 0.366 e. The molecule has 1 aromatic heterocycles. The SMILES string of the molecule is O=[N+]([O-])c1cnc(C(F)(F)F)cc1N1CCC(NCC2CC2)CC1. The van der Waals surface area contributed by atoms with Gasteiger partial charge in [0.25, 0.3) is 0 Å². The van der Waals surface area contributed by atoms with Crippen LogP contribution in [0.1, 0.15) is 31.4 Å². The van der Waals surface area contributed by atoms with Gasteiger partial charge in [0.1, 0.15) is 17.6 Å². The Morgan fingerprint density at radius 2 is 1.96 bits per heavy atom. The average molecular weight is 344 g/mol. The molecule has 3 rings (SSSR count). The predicted molar refractivity (Wildman–Crippen MR) is 81.9 cm³/mol. The molecule has 0 bridgehead atoms. The van der Waals surface area contributed by atoms with E-state index in [-0.39, 0.29) is 11.4 Å². The minimum Gasteiger partial charge on any atom is -0.366 e. The Balaban J connectivity index is 1.71. The van der Waals surface area contributed by atoms with E-state index in [9.17, 15) is 23.3 Å². The lowest BCUT2D eigenvalue weighted by Crippen LogP contribution is -2.43. The van der Waals surface area contributed by atoms with Gasteiger partial charge in [-0.05, 0) is 44.2 Å². The molecule has 0 amide bonds. The first-order valence-electron chi connectivity index (χ1n) is 8.04. The summed E-state index contributed by atoms with van der Waals surface area (Å²) in [6.07, 6.45) is 0.120. The van der Waals surface area contributed by atoms with Gasteiger partial charge < -0.3 is 10.2 Å². The fourth-order valence-electron chi connectivity index (χ4n) is 2.97. The number of pyridine rings is 1. The van der Waals surface area contributed by atoms with Gasteiger partial charge in [-0.25, -0.2) is 4.98 Å². The van der Waals surface area contributed by atoms with Crippen LogP contribution in [0.5, 0.6) is 0 Å². The number of hydrogen-bond donors (Lipinski definition) is 1. The molecule has 1 aliphatic heterocycles. The fourth-order valence-corrected chi connectivity index (χ4v) is 2.97. The third-order valence-corrected chi connectivity index (χ3v) is 4.58. The summed E-state index contributed by atoms with van der Waals surface area (Å²) >= 11 is 0. The molecule has 0 atom stereocenters. The molecule has 1 saturated carbocycles. The van der Waals surface area contributed by atoms with E-state index < -0.39 is 16.8 Å². The van der Waals surface area contributed by atoms with Crippen molar-refractivity contribution in [1.82, 2.24) is 10.3 Å². The molecule has 1 aromatic rings. The quantitative estimate of drug-likeness (QED) is 0.657. The summed E-state index contributed by atoms with van der Waals surface area (Å²) in [4.78, 5) is 15.3. The van der Waals surface area contributed by atoms with Crippen LogP contribution in [0.4, 0.5) is 24.5 Å². The Morgan fingerprint density at radius 3 is 2.50 bits per heavy atom. The van der Waals surface area contributed by atoms with Crippen molar-refractivity contribution in [3.8, 4) is 0 Å². The summed E-state index contributed by atoms with van der Waals surface area (Å²) < 4.78 is 38.6. The number of piperidine rings is 1. The monoisotopic (exact) mass is 344 g/mol. The van der Waals surface area contributed by atoms with E-state index in [1.165, 1.54) is 12.8 Å². The minimum atomic E-state index is -4.62. The molecule has 2 fully saturated rings. The Bertz CT molecular complexity index is 611. The van der Waals surface area contributed by atoms with Crippen LogP contribution in [-0.2, 0) is 6.18 Å². The summed E-state index contributed by atoms with van der Waals surface area (Å²) in [6.45, 7) is 1.97. The number of halogens is 3. The maximum Gasteiger partial charge on any atom is 0.433 e. The second-order valence-electron chi connectivity index (χ2n) is 6.43. The van der Waals surface area contributed by atoms with Crippen molar-refractivity contribution >= 4 is 11.4 Å². The van der Waals surface area contributed by atoms with E-state index >= 15 is 0 Å². The zero-order chi connectivity index (χ0) is 17.3. The molecule has 0 unspecified atom stereocenters. The number of nitrogens with zero attached hydrogens (tertiary/aromatic N) is 3. The molecular formula is C15H19F3N4O2. The largest absolute Gasteiger partial charge is 0.433 e. The van der Waals surface area contributed by atoms with Crippen LogP contribution in [0.15, 0.2) is 12.3 Å². The van der Waals surface area contributed by atoms with Gasteiger partial charge >= 0.3 is 11.9 Å². The second-order valence-corrected chi connectivity index (χ2v) is 6.43. The highest BCUT2D eigenvalue weighted by Crippen LogP contribution is 2.36. The summed E-state index contributed by atoms with van der Waals surface area (Å²) in [7, 11) is 0. The maximum atomic E-state index is 12.9. The lowest BCUT2D eigenvalue weighted by Gasteiger charge is -2.34. The van der Waals surface area contributed by atoms with E-state index in [2.05, 4.69) is 10.3 Å². The van der Waals surface area contributed by atoms with Gasteiger partial charge in [0.05, 0.1) is 4.92 Å². The van der Waals surface area contributed by atoms with Gasteiger partial charge in [-0.2, -0.15) is 13.2 Å². The fraction of sp³-hybridized carbons (Fsp3) is 0.667. The number of nitro groups is 1. The van der Waals surface area contributed by atoms with Crippen LogP contribution in [0.25, 0.3) is 0 Å². The van der Waals surface area contributed by atoms with Crippen molar-refractivity contribution in [2.24, 2.45) is 5.92 Å². The zero-order valence-electron chi connectivity index (χ0n) is 13.1. The first-order valence-corrected chi connectivity index (χ1v) is 8.04. The van der Waals surface area contributed by atoms with Crippen LogP contribution in [0.3, 0.4) is 0 Å². The Morgan fingerprint density at radius 1 is 1.29 bits per heavy atom. The Labute approximate surface area is 137 Å². The van der Waals surface area contributed by atoms with Crippen molar-refractivity contribution in [2.45, 2.75) is 37.9 Å². The molecule has 1 saturated heterocycles. The van der Waals surface area contributed by atoms with Gasteiger partial charge in [-0.1, -0.05) is 0 Å². The molecular weight excluding hydrogens is 325 g/mol. The van der Waals surface area contributed by atoms with E-state index in [1.54, 1.807) is 4.90 Å². The van der Waals surface area contributed by atoms with Crippen molar-refractivity contribution in [3.05, 3.63) is 28.1 Å². The number of hydrogen-bond acceptors (Lipinski definition) is 5. The second kappa shape index (κ2) is 6.54. The molecule has 2 heterocycles. The molecule has 2 aliphatic rings. The third-order valence-electron chi connectivity index (χ3n) is 4.58. The molecule has 1 N–H and O–H groups in total. The van der Waals surface area contributed by atoms with E-state index in [1.807, 2.05) is 0 Å². The molecule has 0 aromatic carbocycles. The lowest BCUT2D eigenvalue weighted by atomic mass is 10.0. The topological polar surface area (TPSA) is 71.3 Å². The maximum absolute atomic E-state index is 12.9. The normalized spacial score (nSPS) is 19.5. The van der Waals surface area contributed by atoms with Gasteiger partial charge in [0, 0.05) is 19.1 Å². The summed E-state index contributed by atoms with van der Waals surface area (Å²) in [5, 5.41) is 14.6. The number of nitrogens with one attached hydrogen (secondary N) is 1. The number of aromatic nitrogens is 1. The van der Waals surface area contributed by atoms with Crippen LogP contribution in [-0.4, -0.2) is 35.6 Å². The number of alkyl halides is 3. The number of rotatable bonds is 5. The van der Waals surface area contributed by atoms with E-state index in [4.69, 9.17) is 0 Å². The van der Waals surface area contributed by atoms with Crippen molar-refractivity contribution in [1.29, 1.82) is 0 Å². The van der Waals surface area contributed by atoms with Crippen LogP contribution < -0.4 is 10.2 Å². The van der Waals surface area contributed by atoms with Crippen LogP contribution in [0, 0.1) is 16.0 Å². The highest BCUT2D eigenvalue weighted by atomic mass is 19.4. The zero-order valence-corrected chi connectivity index (χ0v) is 13.1. The highest BCUT2D eigenvalue weighted by Gasteiger charge is 2.36. The van der Waals surface area contributed by atoms with Crippen molar-refractivity contribution in [3.63, 3.8) is 0 Å². The van der Waals surface area contributed by atoms with Crippen molar-refractivity contribution < 1.29 is 18.1 Å². The lowest BCUT2D eigenvalue weighted by molar-refractivity contribution is -0.384. The van der Waals surface area contributed by atoms with E-state index in [0.717, 1.165) is 31.4 Å². The number of anilines is 1. The molecule has 24 heavy (non-hydrogen) atoms. The summed E-state index contributed by atoms with van der Waals surface area (Å²) in [6, 6.07) is 1.11. The Hall–Kier alpha value is -1.90. The molecule has 9 heteroatoms. The Kier molecular flexibility index (Phi) is 4.62. The molecule has 132 valence electrons. The van der Waals surface area contributed by atoms with E-state index in [0.29, 0.717) is 25.3 Å². The molecule has 1 aliphatic carbocycles. The molecule has 0 radical (unpaired) electrons. The third kappa shape index (κ3) is 3.95.